The van der Waals surface area contributed by atoms with Gasteiger partial charge in [-0.3, -0.25) is 9.97 Å². The highest BCUT2D eigenvalue weighted by molar-refractivity contribution is 5.89. The Balaban J connectivity index is 0.000000261. The van der Waals surface area contributed by atoms with Crippen LogP contribution in [0.5, 0.6) is 0 Å². The summed E-state index contributed by atoms with van der Waals surface area (Å²) < 4.78 is 0. The van der Waals surface area contributed by atoms with Crippen LogP contribution in [-0.2, 0) is 22.4 Å². The standard InChI is InChI=1S/C12H12N2.C4H4O4/c1(11-3-7-13-8-4-11)2-12-5-9-14-10-6-12;5-3(6)1-2-4(7)8/h3-10H,1-2H2;1-2H,(H,5,6)(H,7,8)/b;2-1+. The predicted octanol–water partition coefficient (Wildman–Crippen LogP) is 1.97. The van der Waals surface area contributed by atoms with E-state index in [1.807, 2.05) is 24.8 Å². The molecule has 0 bridgehead atoms. The van der Waals surface area contributed by atoms with Gasteiger partial charge in [0.05, 0.1) is 0 Å². The Hall–Kier alpha value is -3.02. The first kappa shape index (κ1) is 17.0. The summed E-state index contributed by atoms with van der Waals surface area (Å²) in [5.41, 5.74) is 2.66. The molecule has 0 unspecified atom stereocenters. The van der Waals surface area contributed by atoms with Crippen LogP contribution in [0.3, 0.4) is 0 Å². The Kier molecular flexibility index (Phi) is 7.60. The number of hydrogen-bond acceptors (Lipinski definition) is 4. The van der Waals surface area contributed by atoms with Crippen LogP contribution < -0.4 is 0 Å². The lowest BCUT2D eigenvalue weighted by Crippen LogP contribution is -1.91. The first-order valence-electron chi connectivity index (χ1n) is 6.49. The van der Waals surface area contributed by atoms with E-state index in [0.29, 0.717) is 12.2 Å². The Morgan fingerprint density at radius 3 is 1.36 bits per heavy atom. The molecule has 0 atom stereocenters. The van der Waals surface area contributed by atoms with Crippen LogP contribution in [0.15, 0.2) is 61.2 Å². The number of carboxylic acids is 2. The van der Waals surface area contributed by atoms with Gasteiger partial charge in [0.2, 0.25) is 0 Å². The number of rotatable bonds is 5. The molecule has 0 aliphatic carbocycles. The lowest BCUT2D eigenvalue weighted by Gasteiger charge is -2.00. The SMILES string of the molecule is O=C(O)/C=C/C(=O)O.c1cc(CCc2ccncc2)ccn1. The van der Waals surface area contributed by atoms with Crippen LogP contribution in [0.4, 0.5) is 0 Å². The summed E-state index contributed by atoms with van der Waals surface area (Å²) in [6.45, 7) is 0. The molecule has 0 radical (unpaired) electrons. The van der Waals surface area contributed by atoms with E-state index in [2.05, 4.69) is 34.2 Å². The van der Waals surface area contributed by atoms with Gasteiger partial charge in [-0.2, -0.15) is 0 Å². The van der Waals surface area contributed by atoms with Crippen molar-refractivity contribution in [3.8, 4) is 0 Å². The van der Waals surface area contributed by atoms with Crippen LogP contribution in [0.1, 0.15) is 11.1 Å². The van der Waals surface area contributed by atoms with Crippen LogP contribution in [0.25, 0.3) is 0 Å². The van der Waals surface area contributed by atoms with E-state index in [4.69, 9.17) is 10.2 Å². The fourth-order valence-electron chi connectivity index (χ4n) is 1.53. The molecule has 6 heteroatoms. The minimum atomic E-state index is -1.26. The molecule has 0 amide bonds. The molecule has 2 N–H and O–H groups in total. The molecule has 0 aliphatic heterocycles. The van der Waals surface area contributed by atoms with Crippen molar-refractivity contribution in [2.45, 2.75) is 12.8 Å². The molecule has 2 aromatic rings. The monoisotopic (exact) mass is 300 g/mol. The fraction of sp³-hybridized carbons (Fsp3) is 0.125. The predicted molar refractivity (Wildman–Crippen MR) is 80.3 cm³/mol. The molecule has 2 aromatic heterocycles. The number of aryl methyl sites for hydroxylation is 2. The van der Waals surface area contributed by atoms with Crippen LogP contribution in [0.2, 0.25) is 0 Å². The lowest BCUT2D eigenvalue weighted by molar-refractivity contribution is -0.134. The van der Waals surface area contributed by atoms with Gasteiger partial charge in [0.25, 0.3) is 0 Å². The van der Waals surface area contributed by atoms with Crippen molar-refractivity contribution in [3.63, 3.8) is 0 Å². The molecule has 2 rings (SSSR count). The van der Waals surface area contributed by atoms with E-state index in [1.54, 1.807) is 0 Å². The number of pyridine rings is 2. The summed E-state index contributed by atoms with van der Waals surface area (Å²) in [4.78, 5) is 27.1. The molecule has 6 nitrogen and oxygen atoms in total. The maximum Gasteiger partial charge on any atom is 0.328 e. The van der Waals surface area contributed by atoms with Gasteiger partial charge in [-0.15, -0.1) is 0 Å². The molecule has 0 aromatic carbocycles. The number of hydrogen-bond donors (Lipinski definition) is 2. The van der Waals surface area contributed by atoms with Crippen molar-refractivity contribution in [2.24, 2.45) is 0 Å². The zero-order valence-corrected chi connectivity index (χ0v) is 11.8. The minimum absolute atomic E-state index is 0.558. The van der Waals surface area contributed by atoms with Gasteiger partial charge < -0.3 is 10.2 Å². The maximum atomic E-state index is 9.55. The van der Waals surface area contributed by atoms with Gasteiger partial charge in [-0.1, -0.05) is 0 Å². The molecule has 114 valence electrons. The van der Waals surface area contributed by atoms with E-state index in [1.165, 1.54) is 11.1 Å². The summed E-state index contributed by atoms with van der Waals surface area (Å²) in [7, 11) is 0. The van der Waals surface area contributed by atoms with E-state index < -0.39 is 11.9 Å². The third-order valence-corrected chi connectivity index (χ3v) is 2.57. The average molecular weight is 300 g/mol. The Bertz CT molecular complexity index is 557. The largest absolute Gasteiger partial charge is 0.478 e. The van der Waals surface area contributed by atoms with Crippen molar-refractivity contribution in [2.75, 3.05) is 0 Å². The number of carbonyl (C=O) groups is 2. The molecular weight excluding hydrogens is 284 g/mol. The highest BCUT2D eigenvalue weighted by Crippen LogP contribution is 2.04. The van der Waals surface area contributed by atoms with Gasteiger partial charge >= 0.3 is 11.9 Å². The number of nitrogens with zero attached hydrogens (tertiary/aromatic N) is 2. The van der Waals surface area contributed by atoms with Gasteiger partial charge in [0, 0.05) is 36.9 Å². The lowest BCUT2D eigenvalue weighted by atomic mass is 10.1. The van der Waals surface area contributed by atoms with Gasteiger partial charge in [-0.05, 0) is 48.2 Å². The molecule has 0 spiro atoms. The van der Waals surface area contributed by atoms with Gasteiger partial charge in [0.1, 0.15) is 0 Å². The Labute approximate surface area is 127 Å². The maximum absolute atomic E-state index is 9.55. The number of carboxylic acid groups (broad SMARTS) is 2. The van der Waals surface area contributed by atoms with Crippen molar-refractivity contribution in [1.29, 1.82) is 0 Å². The summed E-state index contributed by atoms with van der Waals surface area (Å²) in [6.07, 6.45) is 10.6. The first-order chi connectivity index (χ1) is 10.6. The summed E-state index contributed by atoms with van der Waals surface area (Å²) in [5.74, 6) is -2.51. The number of aliphatic carboxylic acids is 2. The second kappa shape index (κ2) is 9.82. The second-order valence-electron chi connectivity index (χ2n) is 4.22. The van der Waals surface area contributed by atoms with Crippen LogP contribution in [0, 0.1) is 0 Å². The molecule has 22 heavy (non-hydrogen) atoms. The molecule has 0 aliphatic rings. The van der Waals surface area contributed by atoms with E-state index in [0.717, 1.165) is 12.8 Å². The quantitative estimate of drug-likeness (QED) is 0.819. The van der Waals surface area contributed by atoms with Crippen molar-refractivity contribution in [1.82, 2.24) is 9.97 Å². The third kappa shape index (κ3) is 8.21. The Morgan fingerprint density at radius 2 is 1.09 bits per heavy atom. The zero-order chi connectivity index (χ0) is 16.2. The zero-order valence-electron chi connectivity index (χ0n) is 11.8. The Morgan fingerprint density at radius 1 is 0.773 bits per heavy atom. The van der Waals surface area contributed by atoms with E-state index >= 15 is 0 Å². The smallest absolute Gasteiger partial charge is 0.328 e. The van der Waals surface area contributed by atoms with E-state index in [-0.39, 0.29) is 0 Å². The number of aromatic nitrogens is 2. The van der Waals surface area contributed by atoms with Crippen LogP contribution >= 0.6 is 0 Å². The average Bonchev–Trinajstić information content (AvgIpc) is 2.54. The van der Waals surface area contributed by atoms with Crippen LogP contribution in [-0.4, -0.2) is 32.1 Å². The first-order valence-corrected chi connectivity index (χ1v) is 6.49. The van der Waals surface area contributed by atoms with Crippen molar-refractivity contribution in [3.05, 3.63) is 72.3 Å². The summed E-state index contributed by atoms with van der Waals surface area (Å²) in [5, 5.41) is 15.6. The molecule has 0 fully saturated rings. The van der Waals surface area contributed by atoms with Gasteiger partial charge in [0.15, 0.2) is 0 Å². The molecule has 0 saturated carbocycles. The topological polar surface area (TPSA) is 100 Å². The highest BCUT2D eigenvalue weighted by Gasteiger charge is 1.94. The van der Waals surface area contributed by atoms with E-state index in [9.17, 15) is 9.59 Å². The molecule has 2 heterocycles. The molecular formula is C16H16N2O4. The second-order valence-corrected chi connectivity index (χ2v) is 4.22. The summed E-state index contributed by atoms with van der Waals surface area (Å²) in [6, 6.07) is 8.23. The summed E-state index contributed by atoms with van der Waals surface area (Å²) >= 11 is 0. The minimum Gasteiger partial charge on any atom is -0.478 e. The van der Waals surface area contributed by atoms with Gasteiger partial charge in [-0.25, -0.2) is 9.59 Å². The normalized spacial score (nSPS) is 9.82. The fourth-order valence-corrected chi connectivity index (χ4v) is 1.53. The highest BCUT2D eigenvalue weighted by atomic mass is 16.4. The van der Waals surface area contributed by atoms with Crippen molar-refractivity contribution < 1.29 is 19.8 Å². The van der Waals surface area contributed by atoms with Crippen molar-refractivity contribution >= 4 is 11.9 Å². The molecule has 0 saturated heterocycles. The third-order valence-electron chi connectivity index (χ3n) is 2.57.